The van der Waals surface area contributed by atoms with E-state index in [4.69, 9.17) is 0 Å². The van der Waals surface area contributed by atoms with E-state index >= 15 is 0 Å². The average molecular weight is 305 g/mol. The van der Waals surface area contributed by atoms with E-state index in [1.807, 2.05) is 4.90 Å². The lowest BCUT2D eigenvalue weighted by atomic mass is 10.3. The second-order valence-corrected chi connectivity index (χ2v) is 5.74. The smallest absolute Gasteiger partial charge is 0.332 e. The van der Waals surface area contributed by atoms with Crippen molar-refractivity contribution in [3.8, 4) is 0 Å². The lowest BCUT2D eigenvalue weighted by Gasteiger charge is -2.21. The number of fused-ring (bicyclic) bond motifs is 1. The van der Waals surface area contributed by atoms with Gasteiger partial charge in [-0.25, -0.2) is 9.78 Å². The SMILES string of the molecule is CC(C(=O)N1CCCC1)n1cnc2c1c(=O)n(C)c(=O)n2C. The summed E-state index contributed by atoms with van der Waals surface area (Å²) in [6.45, 7) is 3.27. The summed E-state index contributed by atoms with van der Waals surface area (Å²) in [5.74, 6) is -0.0206. The van der Waals surface area contributed by atoms with Gasteiger partial charge in [-0.05, 0) is 19.8 Å². The van der Waals surface area contributed by atoms with Crippen molar-refractivity contribution in [2.75, 3.05) is 13.1 Å². The van der Waals surface area contributed by atoms with Crippen LogP contribution in [-0.2, 0) is 18.9 Å². The van der Waals surface area contributed by atoms with Crippen molar-refractivity contribution in [3.05, 3.63) is 27.2 Å². The van der Waals surface area contributed by atoms with Gasteiger partial charge in [0.1, 0.15) is 6.04 Å². The second-order valence-electron chi connectivity index (χ2n) is 5.74. The predicted octanol–water partition coefficient (Wildman–Crippen LogP) is -0.383. The molecule has 1 aliphatic heterocycles. The van der Waals surface area contributed by atoms with Crippen LogP contribution in [0.15, 0.2) is 15.9 Å². The van der Waals surface area contributed by atoms with Crippen LogP contribution >= 0.6 is 0 Å². The number of nitrogens with zero attached hydrogens (tertiary/aromatic N) is 5. The summed E-state index contributed by atoms with van der Waals surface area (Å²) in [4.78, 5) is 42.8. The Bertz CT molecular complexity index is 854. The van der Waals surface area contributed by atoms with E-state index in [1.165, 1.54) is 17.9 Å². The monoisotopic (exact) mass is 305 g/mol. The van der Waals surface area contributed by atoms with Gasteiger partial charge < -0.3 is 9.47 Å². The second kappa shape index (κ2) is 5.11. The Balaban J connectivity index is 2.14. The van der Waals surface area contributed by atoms with Crippen molar-refractivity contribution < 1.29 is 4.79 Å². The van der Waals surface area contributed by atoms with Gasteiger partial charge in [-0.3, -0.25) is 18.7 Å². The van der Waals surface area contributed by atoms with E-state index in [0.717, 1.165) is 30.5 Å². The summed E-state index contributed by atoms with van der Waals surface area (Å²) >= 11 is 0. The average Bonchev–Trinajstić information content (AvgIpc) is 3.18. The van der Waals surface area contributed by atoms with E-state index in [1.54, 1.807) is 18.5 Å². The highest BCUT2D eigenvalue weighted by Gasteiger charge is 2.27. The molecule has 0 aliphatic carbocycles. The standard InChI is InChI=1S/C14H19N5O3/c1-9(12(20)18-6-4-5-7-18)19-8-15-11-10(19)13(21)17(3)14(22)16(11)2/h8-9H,4-7H2,1-3H3. The van der Waals surface area contributed by atoms with Gasteiger partial charge in [-0.1, -0.05) is 0 Å². The van der Waals surface area contributed by atoms with Crippen LogP contribution in [0.1, 0.15) is 25.8 Å². The molecule has 8 heteroatoms. The van der Waals surface area contributed by atoms with Crippen LogP contribution in [0.5, 0.6) is 0 Å². The number of imidazole rings is 1. The number of amides is 1. The topological polar surface area (TPSA) is 82.1 Å². The van der Waals surface area contributed by atoms with Crippen LogP contribution in [0.3, 0.4) is 0 Å². The number of likely N-dealkylation sites (tertiary alicyclic amines) is 1. The van der Waals surface area contributed by atoms with Gasteiger partial charge in [0.2, 0.25) is 5.91 Å². The molecule has 2 aromatic heterocycles. The first-order chi connectivity index (χ1) is 10.4. The fourth-order valence-electron chi connectivity index (χ4n) is 2.98. The molecule has 0 N–H and O–H groups in total. The number of aryl methyl sites for hydroxylation is 1. The van der Waals surface area contributed by atoms with Gasteiger partial charge in [-0.15, -0.1) is 0 Å². The first-order valence-electron chi connectivity index (χ1n) is 7.35. The Morgan fingerprint density at radius 1 is 1.18 bits per heavy atom. The number of hydrogen-bond acceptors (Lipinski definition) is 4. The highest BCUT2D eigenvalue weighted by atomic mass is 16.2. The zero-order valence-electron chi connectivity index (χ0n) is 12.9. The number of carbonyl (C=O) groups is 1. The maximum atomic E-state index is 12.5. The molecule has 1 amide bonds. The Labute approximate surface area is 126 Å². The Kier molecular flexibility index (Phi) is 3.38. The molecule has 8 nitrogen and oxygen atoms in total. The lowest BCUT2D eigenvalue weighted by molar-refractivity contribution is -0.133. The minimum atomic E-state index is -0.520. The van der Waals surface area contributed by atoms with Crippen molar-refractivity contribution in [1.82, 2.24) is 23.6 Å². The zero-order valence-corrected chi connectivity index (χ0v) is 12.9. The van der Waals surface area contributed by atoms with Crippen LogP contribution in [-0.4, -0.2) is 42.6 Å². The number of hydrogen-bond donors (Lipinski definition) is 0. The van der Waals surface area contributed by atoms with Crippen molar-refractivity contribution in [2.24, 2.45) is 14.1 Å². The minimum Gasteiger partial charge on any atom is -0.341 e. The molecule has 118 valence electrons. The van der Waals surface area contributed by atoms with Crippen LogP contribution in [0.4, 0.5) is 0 Å². The highest BCUT2D eigenvalue weighted by molar-refractivity contribution is 5.82. The molecule has 3 heterocycles. The van der Waals surface area contributed by atoms with Gasteiger partial charge in [0.15, 0.2) is 11.2 Å². The van der Waals surface area contributed by atoms with Crippen LogP contribution in [0.25, 0.3) is 11.2 Å². The van der Waals surface area contributed by atoms with Crippen molar-refractivity contribution >= 4 is 17.1 Å². The third-order valence-electron chi connectivity index (χ3n) is 4.37. The molecule has 1 unspecified atom stereocenters. The summed E-state index contributed by atoms with van der Waals surface area (Å²) in [5, 5.41) is 0. The van der Waals surface area contributed by atoms with Crippen molar-refractivity contribution in [1.29, 1.82) is 0 Å². The Hall–Kier alpha value is -2.38. The maximum Gasteiger partial charge on any atom is 0.332 e. The van der Waals surface area contributed by atoms with Gasteiger partial charge in [-0.2, -0.15) is 0 Å². The molecular formula is C14H19N5O3. The fraction of sp³-hybridized carbons (Fsp3) is 0.571. The van der Waals surface area contributed by atoms with Crippen LogP contribution in [0, 0.1) is 0 Å². The summed E-state index contributed by atoms with van der Waals surface area (Å²) in [7, 11) is 2.99. The normalized spacial score (nSPS) is 16.4. The third kappa shape index (κ3) is 1.98. The molecule has 1 atom stereocenters. The fourth-order valence-corrected chi connectivity index (χ4v) is 2.98. The van der Waals surface area contributed by atoms with E-state index < -0.39 is 17.3 Å². The first-order valence-corrected chi connectivity index (χ1v) is 7.35. The molecule has 0 bridgehead atoms. The Morgan fingerprint density at radius 2 is 1.82 bits per heavy atom. The molecule has 3 rings (SSSR count). The third-order valence-corrected chi connectivity index (χ3v) is 4.37. The van der Waals surface area contributed by atoms with Crippen LogP contribution in [0.2, 0.25) is 0 Å². The number of aromatic nitrogens is 4. The van der Waals surface area contributed by atoms with E-state index in [9.17, 15) is 14.4 Å². The summed E-state index contributed by atoms with van der Waals surface area (Å²) in [6, 6.07) is -0.520. The molecule has 0 radical (unpaired) electrons. The number of carbonyl (C=O) groups excluding carboxylic acids is 1. The molecule has 0 saturated carbocycles. The molecule has 1 fully saturated rings. The largest absolute Gasteiger partial charge is 0.341 e. The summed E-state index contributed by atoms with van der Waals surface area (Å²) < 4.78 is 3.92. The van der Waals surface area contributed by atoms with Crippen LogP contribution < -0.4 is 11.2 Å². The Morgan fingerprint density at radius 3 is 2.45 bits per heavy atom. The molecule has 1 saturated heterocycles. The van der Waals surface area contributed by atoms with Gasteiger partial charge in [0.25, 0.3) is 5.56 Å². The number of rotatable bonds is 2. The summed E-state index contributed by atoms with van der Waals surface area (Å²) in [6.07, 6.45) is 3.49. The van der Waals surface area contributed by atoms with Gasteiger partial charge in [0, 0.05) is 27.2 Å². The van der Waals surface area contributed by atoms with E-state index in [0.29, 0.717) is 5.65 Å². The molecule has 2 aromatic rings. The van der Waals surface area contributed by atoms with Crippen molar-refractivity contribution in [3.63, 3.8) is 0 Å². The summed E-state index contributed by atoms with van der Waals surface area (Å²) in [5.41, 5.74) is -0.281. The molecule has 0 spiro atoms. The molecular weight excluding hydrogens is 286 g/mol. The molecule has 0 aromatic carbocycles. The van der Waals surface area contributed by atoms with E-state index in [-0.39, 0.29) is 11.4 Å². The van der Waals surface area contributed by atoms with Gasteiger partial charge in [0.05, 0.1) is 6.33 Å². The quantitative estimate of drug-likeness (QED) is 0.757. The lowest BCUT2D eigenvalue weighted by Crippen LogP contribution is -2.39. The highest BCUT2D eigenvalue weighted by Crippen LogP contribution is 2.18. The predicted molar refractivity (Wildman–Crippen MR) is 80.7 cm³/mol. The first kappa shape index (κ1) is 14.6. The molecule has 1 aliphatic rings. The molecule has 22 heavy (non-hydrogen) atoms. The van der Waals surface area contributed by atoms with E-state index in [2.05, 4.69) is 4.98 Å². The zero-order chi connectivity index (χ0) is 16.0. The minimum absolute atomic E-state index is 0.0206. The van der Waals surface area contributed by atoms with Gasteiger partial charge >= 0.3 is 5.69 Å². The maximum absolute atomic E-state index is 12.5. The van der Waals surface area contributed by atoms with Crippen molar-refractivity contribution in [2.45, 2.75) is 25.8 Å².